The van der Waals surface area contributed by atoms with Crippen LogP contribution in [0, 0.1) is 11.8 Å². The maximum Gasteiger partial charge on any atom is 0.111 e. The molecule has 0 saturated heterocycles. The summed E-state index contributed by atoms with van der Waals surface area (Å²) in [5, 5.41) is 4.13. The van der Waals surface area contributed by atoms with Crippen molar-refractivity contribution in [1.29, 1.82) is 0 Å². The van der Waals surface area contributed by atoms with Crippen LogP contribution < -0.4 is 5.73 Å². The molecule has 0 bridgehead atoms. The van der Waals surface area contributed by atoms with E-state index in [2.05, 4.69) is 23.9 Å². The van der Waals surface area contributed by atoms with Gasteiger partial charge in [-0.25, -0.2) is 0 Å². The van der Waals surface area contributed by atoms with Crippen LogP contribution in [-0.4, -0.2) is 16.3 Å². The topological polar surface area (TPSA) is 43.8 Å². The lowest BCUT2D eigenvalue weighted by molar-refractivity contribution is 0.597. The molecule has 12 heavy (non-hydrogen) atoms. The van der Waals surface area contributed by atoms with Gasteiger partial charge >= 0.3 is 0 Å². The zero-order valence-electron chi connectivity index (χ0n) is 7.25. The molecule has 1 rings (SSSR count). The highest BCUT2D eigenvalue weighted by molar-refractivity contribution is 5.26. The van der Waals surface area contributed by atoms with E-state index >= 15 is 0 Å². The summed E-state index contributed by atoms with van der Waals surface area (Å²) in [5.41, 5.74) is 6.21. The molecule has 1 aromatic heterocycles. The van der Waals surface area contributed by atoms with Crippen LogP contribution in [0.4, 0.5) is 0 Å². The van der Waals surface area contributed by atoms with E-state index in [0.29, 0.717) is 6.54 Å². The first-order valence-electron chi connectivity index (χ1n) is 4.09. The fourth-order valence-corrected chi connectivity index (χ4v) is 0.970. The minimum Gasteiger partial charge on any atom is -0.320 e. The van der Waals surface area contributed by atoms with Gasteiger partial charge in [-0.15, -0.1) is 0 Å². The molecule has 0 saturated carbocycles. The van der Waals surface area contributed by atoms with Crippen molar-refractivity contribution in [3.63, 3.8) is 0 Å². The molecular formula is C9H13N3. The Morgan fingerprint density at radius 1 is 1.67 bits per heavy atom. The SMILES string of the molecule is CCCn1nccc1C#CCN. The minimum absolute atomic E-state index is 0.400. The Morgan fingerprint density at radius 3 is 3.17 bits per heavy atom. The summed E-state index contributed by atoms with van der Waals surface area (Å²) in [6.07, 6.45) is 2.83. The molecule has 0 aliphatic heterocycles. The first-order chi connectivity index (χ1) is 5.88. The Bertz CT molecular complexity index is 290. The molecule has 1 aromatic rings. The molecule has 64 valence electrons. The van der Waals surface area contributed by atoms with E-state index in [9.17, 15) is 0 Å². The zero-order valence-corrected chi connectivity index (χ0v) is 7.25. The van der Waals surface area contributed by atoms with Gasteiger partial charge in [-0.3, -0.25) is 4.68 Å². The summed E-state index contributed by atoms with van der Waals surface area (Å²) in [7, 11) is 0. The third-order valence-corrected chi connectivity index (χ3v) is 1.47. The lowest BCUT2D eigenvalue weighted by atomic mass is 10.4. The summed E-state index contributed by atoms with van der Waals surface area (Å²) in [6, 6.07) is 1.90. The van der Waals surface area contributed by atoms with E-state index in [0.717, 1.165) is 18.7 Å². The van der Waals surface area contributed by atoms with Crippen LogP contribution in [0.3, 0.4) is 0 Å². The fourth-order valence-electron chi connectivity index (χ4n) is 0.970. The smallest absolute Gasteiger partial charge is 0.111 e. The molecule has 0 atom stereocenters. The van der Waals surface area contributed by atoms with Gasteiger partial charge < -0.3 is 5.73 Å². The van der Waals surface area contributed by atoms with Crippen molar-refractivity contribution in [3.05, 3.63) is 18.0 Å². The second-order valence-electron chi connectivity index (χ2n) is 2.45. The lowest BCUT2D eigenvalue weighted by Gasteiger charge is -1.98. The van der Waals surface area contributed by atoms with Crippen molar-refractivity contribution in [3.8, 4) is 11.8 Å². The lowest BCUT2D eigenvalue weighted by Crippen LogP contribution is -2.02. The van der Waals surface area contributed by atoms with Crippen molar-refractivity contribution < 1.29 is 0 Å². The molecule has 0 aliphatic rings. The molecule has 2 N–H and O–H groups in total. The van der Waals surface area contributed by atoms with E-state index in [1.807, 2.05) is 10.7 Å². The van der Waals surface area contributed by atoms with Crippen LogP contribution in [0.2, 0.25) is 0 Å². The van der Waals surface area contributed by atoms with Crippen LogP contribution >= 0.6 is 0 Å². The molecule has 3 heteroatoms. The number of nitrogens with zero attached hydrogens (tertiary/aromatic N) is 2. The molecule has 0 amide bonds. The van der Waals surface area contributed by atoms with E-state index in [1.54, 1.807) is 6.20 Å². The Kier molecular flexibility index (Phi) is 3.36. The summed E-state index contributed by atoms with van der Waals surface area (Å²) in [4.78, 5) is 0. The molecule has 0 fully saturated rings. The maximum atomic E-state index is 5.27. The number of aromatic nitrogens is 2. The van der Waals surface area contributed by atoms with Crippen LogP contribution in [0.5, 0.6) is 0 Å². The van der Waals surface area contributed by atoms with Crippen molar-refractivity contribution in [2.45, 2.75) is 19.9 Å². The quantitative estimate of drug-likeness (QED) is 0.649. The molecule has 0 unspecified atom stereocenters. The van der Waals surface area contributed by atoms with Crippen LogP contribution in [0.25, 0.3) is 0 Å². The zero-order chi connectivity index (χ0) is 8.81. The number of aryl methyl sites for hydroxylation is 1. The summed E-state index contributed by atoms with van der Waals surface area (Å²) in [6.45, 7) is 3.43. The molecule has 0 aromatic carbocycles. The number of hydrogen-bond acceptors (Lipinski definition) is 2. The van der Waals surface area contributed by atoms with Gasteiger partial charge in [0.05, 0.1) is 12.7 Å². The van der Waals surface area contributed by atoms with Gasteiger partial charge in [0.25, 0.3) is 0 Å². The monoisotopic (exact) mass is 163 g/mol. The summed E-state index contributed by atoms with van der Waals surface area (Å²) < 4.78 is 1.89. The van der Waals surface area contributed by atoms with Gasteiger partial charge in [0.1, 0.15) is 5.69 Å². The van der Waals surface area contributed by atoms with Gasteiger partial charge in [-0.2, -0.15) is 5.10 Å². The third-order valence-electron chi connectivity index (χ3n) is 1.47. The third kappa shape index (κ3) is 2.11. The van der Waals surface area contributed by atoms with Crippen LogP contribution in [0.1, 0.15) is 19.0 Å². The maximum absolute atomic E-state index is 5.27. The van der Waals surface area contributed by atoms with E-state index in [-0.39, 0.29) is 0 Å². The van der Waals surface area contributed by atoms with E-state index in [1.165, 1.54) is 0 Å². The highest BCUT2D eigenvalue weighted by Crippen LogP contribution is 1.97. The second kappa shape index (κ2) is 4.58. The van der Waals surface area contributed by atoms with E-state index < -0.39 is 0 Å². The molecule has 0 spiro atoms. The largest absolute Gasteiger partial charge is 0.320 e. The second-order valence-corrected chi connectivity index (χ2v) is 2.45. The number of nitrogens with two attached hydrogens (primary N) is 1. The summed E-state index contributed by atoms with van der Waals surface area (Å²) >= 11 is 0. The molecule has 0 radical (unpaired) electrons. The molecule has 3 nitrogen and oxygen atoms in total. The summed E-state index contributed by atoms with van der Waals surface area (Å²) in [5.74, 6) is 5.77. The van der Waals surface area contributed by atoms with Crippen LogP contribution in [0.15, 0.2) is 12.3 Å². The van der Waals surface area contributed by atoms with Gasteiger partial charge in [-0.05, 0) is 18.4 Å². The van der Waals surface area contributed by atoms with Crippen molar-refractivity contribution in [2.24, 2.45) is 5.73 Å². The normalized spacial score (nSPS) is 9.17. The average molecular weight is 163 g/mol. The Labute approximate surface area is 72.6 Å². The minimum atomic E-state index is 0.400. The first kappa shape index (κ1) is 8.82. The predicted octanol–water partition coefficient (Wildman–Crippen LogP) is 0.603. The Balaban J connectivity index is 2.76. The predicted molar refractivity (Wildman–Crippen MR) is 48.5 cm³/mol. The van der Waals surface area contributed by atoms with Gasteiger partial charge in [0.15, 0.2) is 0 Å². The number of rotatable bonds is 2. The molecule has 1 heterocycles. The van der Waals surface area contributed by atoms with Crippen molar-refractivity contribution in [1.82, 2.24) is 9.78 Å². The van der Waals surface area contributed by atoms with Crippen molar-refractivity contribution >= 4 is 0 Å². The Morgan fingerprint density at radius 2 is 2.50 bits per heavy atom. The van der Waals surface area contributed by atoms with Gasteiger partial charge in [0, 0.05) is 6.54 Å². The molecular weight excluding hydrogens is 150 g/mol. The average Bonchev–Trinajstić information content (AvgIpc) is 2.50. The fraction of sp³-hybridized carbons (Fsp3) is 0.444. The van der Waals surface area contributed by atoms with Gasteiger partial charge in [0.2, 0.25) is 0 Å². The van der Waals surface area contributed by atoms with Crippen LogP contribution in [-0.2, 0) is 6.54 Å². The highest BCUT2D eigenvalue weighted by Gasteiger charge is 1.95. The first-order valence-corrected chi connectivity index (χ1v) is 4.09. The van der Waals surface area contributed by atoms with E-state index in [4.69, 9.17) is 5.73 Å². The standard InChI is InChI=1S/C9H13N3/c1-2-8-12-9(4-3-6-10)5-7-11-12/h5,7H,2,6,8,10H2,1H3. The highest BCUT2D eigenvalue weighted by atomic mass is 15.3. The van der Waals surface area contributed by atoms with Gasteiger partial charge in [-0.1, -0.05) is 12.8 Å². The Hall–Kier alpha value is -1.27. The molecule has 0 aliphatic carbocycles. The number of hydrogen-bond donors (Lipinski definition) is 1. The van der Waals surface area contributed by atoms with Crippen molar-refractivity contribution in [2.75, 3.05) is 6.54 Å².